The Morgan fingerprint density at radius 2 is 1.92 bits per heavy atom. The lowest BCUT2D eigenvalue weighted by Gasteiger charge is -2.23. The zero-order chi connectivity index (χ0) is 26.3. The van der Waals surface area contributed by atoms with Crippen LogP contribution in [-0.2, 0) is 11.4 Å². The fourth-order valence-corrected chi connectivity index (χ4v) is 3.93. The number of pyridine rings is 1. The fourth-order valence-electron chi connectivity index (χ4n) is 3.93. The molecule has 0 aliphatic carbocycles. The molecule has 4 aromatic rings. The summed E-state index contributed by atoms with van der Waals surface area (Å²) in [6, 6.07) is 11.1. The molecule has 1 aliphatic heterocycles. The Bertz CT molecular complexity index is 1460. The lowest BCUT2D eigenvalue weighted by Crippen LogP contribution is -2.33. The highest BCUT2D eigenvalue weighted by Crippen LogP contribution is 2.30. The SMILES string of the molecule is Cc1ncc(NC(=O)N2OCC[C@H]2c2ccccc2)cc1C#Cc1cnc(Nc2cnn(CCO)c2)nc1. The molecular formula is C27H26N8O3. The second-order valence-corrected chi connectivity index (χ2v) is 8.55. The quantitative estimate of drug-likeness (QED) is 0.337. The van der Waals surface area contributed by atoms with Crippen molar-refractivity contribution >= 4 is 23.4 Å². The van der Waals surface area contributed by atoms with Crippen molar-refractivity contribution < 1.29 is 14.7 Å². The number of benzene rings is 1. The summed E-state index contributed by atoms with van der Waals surface area (Å²) in [5, 5.41) is 20.4. The van der Waals surface area contributed by atoms with E-state index in [0.29, 0.717) is 41.6 Å². The monoisotopic (exact) mass is 510 g/mol. The predicted molar refractivity (Wildman–Crippen MR) is 140 cm³/mol. The third kappa shape index (κ3) is 5.95. The van der Waals surface area contributed by atoms with Crippen LogP contribution in [0.1, 0.15) is 34.8 Å². The second kappa shape index (κ2) is 11.5. The summed E-state index contributed by atoms with van der Waals surface area (Å²) in [5.74, 6) is 6.53. The molecule has 11 heteroatoms. The van der Waals surface area contributed by atoms with Crippen molar-refractivity contribution in [2.75, 3.05) is 23.8 Å². The average molecular weight is 511 g/mol. The Morgan fingerprint density at radius 3 is 2.71 bits per heavy atom. The molecule has 192 valence electrons. The first-order chi connectivity index (χ1) is 18.6. The third-order valence-electron chi connectivity index (χ3n) is 5.84. The van der Waals surface area contributed by atoms with Gasteiger partial charge in [0, 0.05) is 30.6 Å². The van der Waals surface area contributed by atoms with Gasteiger partial charge in [0.15, 0.2) is 0 Å². The van der Waals surface area contributed by atoms with Gasteiger partial charge in [0.1, 0.15) is 0 Å². The van der Waals surface area contributed by atoms with Gasteiger partial charge in [-0.25, -0.2) is 14.8 Å². The molecular weight excluding hydrogens is 484 g/mol. The van der Waals surface area contributed by atoms with Gasteiger partial charge in [0.25, 0.3) is 0 Å². The molecule has 5 rings (SSSR count). The normalized spacial score (nSPS) is 14.6. The third-order valence-corrected chi connectivity index (χ3v) is 5.84. The molecule has 1 aliphatic rings. The van der Waals surface area contributed by atoms with E-state index in [9.17, 15) is 4.79 Å². The van der Waals surface area contributed by atoms with E-state index in [-0.39, 0.29) is 18.7 Å². The summed E-state index contributed by atoms with van der Waals surface area (Å²) in [4.78, 5) is 31.5. The van der Waals surface area contributed by atoms with Gasteiger partial charge in [-0.3, -0.25) is 14.5 Å². The van der Waals surface area contributed by atoms with Crippen LogP contribution in [0.2, 0.25) is 0 Å². The van der Waals surface area contributed by atoms with Gasteiger partial charge < -0.3 is 15.7 Å². The standard InChI is InChI=1S/C27H26N8O3/c1-19-22(8-7-20-14-29-26(30-15-20)32-24-17-31-34(18-24)10-11-36)13-23(16-28-19)33-27(37)35-25(9-12-38-35)21-5-3-2-4-6-21/h2-6,13-18,25,36H,9-12H2,1H3,(H,33,37)(H,29,30,32)/t25-/m0/s1. The van der Waals surface area contributed by atoms with Gasteiger partial charge in [-0.1, -0.05) is 42.2 Å². The minimum Gasteiger partial charge on any atom is -0.394 e. The maximum Gasteiger partial charge on any atom is 0.346 e. The lowest BCUT2D eigenvalue weighted by atomic mass is 10.1. The number of nitrogens with one attached hydrogen (secondary N) is 2. The first kappa shape index (κ1) is 24.9. The maximum atomic E-state index is 13.0. The van der Waals surface area contributed by atoms with Gasteiger partial charge >= 0.3 is 6.03 Å². The number of aromatic nitrogens is 5. The highest BCUT2D eigenvalue weighted by Gasteiger charge is 2.31. The van der Waals surface area contributed by atoms with E-state index in [4.69, 9.17) is 9.94 Å². The summed E-state index contributed by atoms with van der Waals surface area (Å²) in [5.41, 5.74) is 4.28. The number of amides is 2. The molecule has 0 saturated carbocycles. The number of urea groups is 1. The Hall–Kier alpha value is -4.79. The van der Waals surface area contributed by atoms with Crippen LogP contribution in [0.15, 0.2) is 67.4 Å². The number of aryl methyl sites for hydroxylation is 1. The number of hydrogen-bond acceptors (Lipinski definition) is 8. The maximum absolute atomic E-state index is 13.0. The Labute approximate surface area is 219 Å². The Morgan fingerprint density at radius 1 is 1.11 bits per heavy atom. The number of rotatable bonds is 6. The van der Waals surface area contributed by atoms with Crippen molar-refractivity contribution in [1.82, 2.24) is 29.8 Å². The largest absolute Gasteiger partial charge is 0.394 e. The van der Waals surface area contributed by atoms with Gasteiger partial charge in [-0.05, 0) is 18.6 Å². The molecule has 3 N–H and O–H groups in total. The summed E-state index contributed by atoms with van der Waals surface area (Å²) in [7, 11) is 0. The van der Waals surface area contributed by atoms with Gasteiger partial charge in [0.2, 0.25) is 5.95 Å². The molecule has 1 saturated heterocycles. The molecule has 1 fully saturated rings. The van der Waals surface area contributed by atoms with Crippen molar-refractivity contribution in [3.8, 4) is 11.8 Å². The number of carbonyl (C=O) groups excluding carboxylic acids is 1. The van der Waals surface area contributed by atoms with E-state index in [2.05, 4.69) is 42.5 Å². The van der Waals surface area contributed by atoms with Crippen molar-refractivity contribution in [3.63, 3.8) is 0 Å². The second-order valence-electron chi connectivity index (χ2n) is 8.55. The first-order valence-electron chi connectivity index (χ1n) is 12.1. The van der Waals surface area contributed by atoms with Crippen LogP contribution in [0.4, 0.5) is 22.1 Å². The number of hydrogen-bond donors (Lipinski definition) is 3. The molecule has 38 heavy (non-hydrogen) atoms. The topological polar surface area (TPSA) is 130 Å². The van der Waals surface area contributed by atoms with Crippen molar-refractivity contribution in [2.45, 2.75) is 25.9 Å². The zero-order valence-corrected chi connectivity index (χ0v) is 20.7. The summed E-state index contributed by atoms with van der Waals surface area (Å²) in [6.45, 7) is 2.75. The number of aliphatic hydroxyl groups excluding tert-OH is 1. The Balaban J connectivity index is 1.24. The van der Waals surface area contributed by atoms with Crippen LogP contribution >= 0.6 is 0 Å². The lowest BCUT2D eigenvalue weighted by molar-refractivity contribution is -0.0829. The molecule has 1 aromatic carbocycles. The summed E-state index contributed by atoms with van der Waals surface area (Å²) < 4.78 is 1.62. The van der Waals surface area contributed by atoms with Crippen molar-refractivity contribution in [1.29, 1.82) is 0 Å². The molecule has 0 spiro atoms. The minimum atomic E-state index is -0.362. The van der Waals surface area contributed by atoms with Crippen LogP contribution in [0.3, 0.4) is 0 Å². The van der Waals surface area contributed by atoms with Crippen LogP contribution in [0.25, 0.3) is 0 Å². The Kier molecular flexibility index (Phi) is 7.54. The molecule has 0 radical (unpaired) electrons. The molecule has 0 bridgehead atoms. The van der Waals surface area contributed by atoms with E-state index >= 15 is 0 Å². The van der Waals surface area contributed by atoms with Crippen LogP contribution in [0, 0.1) is 18.8 Å². The summed E-state index contributed by atoms with van der Waals surface area (Å²) in [6.07, 6.45) is 8.94. The van der Waals surface area contributed by atoms with E-state index in [1.54, 1.807) is 41.7 Å². The smallest absolute Gasteiger partial charge is 0.346 e. The highest BCUT2D eigenvalue weighted by atomic mass is 16.7. The van der Waals surface area contributed by atoms with E-state index in [1.165, 1.54) is 5.06 Å². The molecule has 4 heterocycles. The number of carbonyl (C=O) groups is 1. The van der Waals surface area contributed by atoms with Crippen molar-refractivity contribution in [3.05, 3.63) is 89.8 Å². The van der Waals surface area contributed by atoms with Crippen LogP contribution in [0.5, 0.6) is 0 Å². The highest BCUT2D eigenvalue weighted by molar-refractivity contribution is 5.89. The van der Waals surface area contributed by atoms with E-state index < -0.39 is 0 Å². The molecule has 2 amide bonds. The van der Waals surface area contributed by atoms with Gasteiger partial charge in [0.05, 0.1) is 60.8 Å². The molecule has 0 unspecified atom stereocenters. The molecule has 11 nitrogen and oxygen atoms in total. The predicted octanol–water partition coefficient (Wildman–Crippen LogP) is 3.42. The van der Waals surface area contributed by atoms with Crippen LogP contribution < -0.4 is 10.6 Å². The van der Waals surface area contributed by atoms with Gasteiger partial charge in [-0.15, -0.1) is 0 Å². The van der Waals surface area contributed by atoms with Gasteiger partial charge in [-0.2, -0.15) is 10.2 Å². The van der Waals surface area contributed by atoms with Crippen LogP contribution in [-0.4, -0.2) is 54.1 Å². The summed E-state index contributed by atoms with van der Waals surface area (Å²) >= 11 is 0. The molecule has 1 atom stereocenters. The number of anilines is 3. The molecule has 3 aromatic heterocycles. The van der Waals surface area contributed by atoms with E-state index in [1.807, 2.05) is 37.3 Å². The number of nitrogens with zero attached hydrogens (tertiary/aromatic N) is 6. The minimum absolute atomic E-state index is 0.0108. The number of hydroxylamine groups is 2. The number of aliphatic hydroxyl groups is 1. The fraction of sp³-hybridized carbons (Fsp3) is 0.222. The van der Waals surface area contributed by atoms with E-state index in [0.717, 1.165) is 17.7 Å². The van der Waals surface area contributed by atoms with Crippen molar-refractivity contribution in [2.24, 2.45) is 0 Å². The zero-order valence-electron chi connectivity index (χ0n) is 20.7. The first-order valence-corrected chi connectivity index (χ1v) is 12.1. The average Bonchev–Trinajstić information content (AvgIpc) is 3.60.